The number of benzene rings is 1. The van der Waals surface area contributed by atoms with Gasteiger partial charge in [0.2, 0.25) is 0 Å². The molecule has 4 rings (SSSR count). The van der Waals surface area contributed by atoms with E-state index in [0.717, 1.165) is 24.1 Å². The van der Waals surface area contributed by atoms with Crippen LogP contribution >= 0.6 is 0 Å². The van der Waals surface area contributed by atoms with Crippen molar-refractivity contribution in [1.82, 2.24) is 10.2 Å². The predicted molar refractivity (Wildman–Crippen MR) is 72.0 cm³/mol. The van der Waals surface area contributed by atoms with Crippen LogP contribution in [0.1, 0.15) is 16.8 Å². The normalized spacial score (nSPS) is 28.9. The Labute approximate surface area is 111 Å². The SMILES string of the molecule is O=C(N[C@@H]1CN2CC[C@H]1C2)c1ccc2occc2c1. The van der Waals surface area contributed by atoms with Gasteiger partial charge >= 0.3 is 0 Å². The summed E-state index contributed by atoms with van der Waals surface area (Å²) in [5.41, 5.74) is 1.54. The van der Waals surface area contributed by atoms with Gasteiger partial charge in [-0.25, -0.2) is 0 Å². The van der Waals surface area contributed by atoms with Crippen LogP contribution in [-0.4, -0.2) is 36.5 Å². The molecule has 2 aliphatic rings. The van der Waals surface area contributed by atoms with E-state index in [0.29, 0.717) is 17.5 Å². The monoisotopic (exact) mass is 256 g/mol. The minimum absolute atomic E-state index is 0.0295. The molecule has 4 nitrogen and oxygen atoms in total. The number of carbonyl (C=O) groups excluding carboxylic acids is 1. The number of hydrogen-bond acceptors (Lipinski definition) is 3. The maximum absolute atomic E-state index is 12.3. The quantitative estimate of drug-likeness (QED) is 0.892. The number of amides is 1. The van der Waals surface area contributed by atoms with Gasteiger partial charge in [-0.2, -0.15) is 0 Å². The molecular weight excluding hydrogens is 240 g/mol. The lowest BCUT2D eigenvalue weighted by atomic mass is 9.99. The molecule has 2 aromatic rings. The van der Waals surface area contributed by atoms with Gasteiger partial charge in [-0.15, -0.1) is 0 Å². The van der Waals surface area contributed by atoms with Crippen molar-refractivity contribution in [3.8, 4) is 0 Å². The summed E-state index contributed by atoms with van der Waals surface area (Å²) in [4.78, 5) is 14.7. The van der Waals surface area contributed by atoms with E-state index in [4.69, 9.17) is 4.42 Å². The first-order valence-corrected chi connectivity index (χ1v) is 6.80. The maximum Gasteiger partial charge on any atom is 0.251 e. The molecule has 0 radical (unpaired) electrons. The van der Waals surface area contributed by atoms with Crippen LogP contribution in [0.15, 0.2) is 34.9 Å². The van der Waals surface area contributed by atoms with Crippen molar-refractivity contribution >= 4 is 16.9 Å². The third kappa shape index (κ3) is 1.83. The number of carbonyl (C=O) groups is 1. The number of fused-ring (bicyclic) bond motifs is 3. The largest absolute Gasteiger partial charge is 0.464 e. The van der Waals surface area contributed by atoms with E-state index in [1.807, 2.05) is 24.3 Å². The highest BCUT2D eigenvalue weighted by molar-refractivity contribution is 5.97. The van der Waals surface area contributed by atoms with Crippen molar-refractivity contribution in [1.29, 1.82) is 0 Å². The smallest absolute Gasteiger partial charge is 0.251 e. The molecule has 2 saturated heterocycles. The molecule has 3 heterocycles. The summed E-state index contributed by atoms with van der Waals surface area (Å²) in [5, 5.41) is 4.15. The number of rotatable bonds is 2. The lowest BCUT2D eigenvalue weighted by Gasteiger charge is -2.23. The van der Waals surface area contributed by atoms with E-state index in [1.54, 1.807) is 6.26 Å². The lowest BCUT2D eigenvalue weighted by Crippen LogP contribution is -2.43. The predicted octanol–water partition coefficient (Wildman–Crippen LogP) is 1.87. The Morgan fingerprint density at radius 2 is 2.26 bits per heavy atom. The second kappa shape index (κ2) is 4.10. The molecule has 1 unspecified atom stereocenters. The van der Waals surface area contributed by atoms with Gasteiger partial charge in [-0.3, -0.25) is 4.79 Å². The number of nitrogens with one attached hydrogen (secondary N) is 1. The highest BCUT2D eigenvalue weighted by atomic mass is 16.3. The fourth-order valence-electron chi connectivity index (χ4n) is 3.31. The maximum atomic E-state index is 12.3. The Balaban J connectivity index is 1.53. The zero-order valence-corrected chi connectivity index (χ0v) is 10.6. The number of furan rings is 1. The minimum Gasteiger partial charge on any atom is -0.464 e. The molecule has 4 heteroatoms. The summed E-state index contributed by atoms with van der Waals surface area (Å²) in [6, 6.07) is 7.78. The summed E-state index contributed by atoms with van der Waals surface area (Å²) in [7, 11) is 0. The van der Waals surface area contributed by atoms with Crippen LogP contribution in [0.4, 0.5) is 0 Å². The molecule has 0 saturated carbocycles. The topological polar surface area (TPSA) is 45.5 Å². The van der Waals surface area contributed by atoms with Gasteiger partial charge in [-0.05, 0) is 43.1 Å². The molecule has 3 atom stereocenters. The van der Waals surface area contributed by atoms with Gasteiger partial charge < -0.3 is 14.6 Å². The summed E-state index contributed by atoms with van der Waals surface area (Å²) < 4.78 is 5.29. The van der Waals surface area contributed by atoms with Crippen LogP contribution < -0.4 is 5.32 Å². The zero-order valence-electron chi connectivity index (χ0n) is 10.6. The van der Waals surface area contributed by atoms with Crippen LogP contribution in [0.25, 0.3) is 11.0 Å². The molecule has 1 aromatic heterocycles. The summed E-state index contributed by atoms with van der Waals surface area (Å²) in [5.74, 6) is 0.670. The van der Waals surface area contributed by atoms with Gasteiger partial charge in [0.15, 0.2) is 0 Å². The van der Waals surface area contributed by atoms with Gasteiger partial charge in [0.25, 0.3) is 5.91 Å². The van der Waals surface area contributed by atoms with Crippen LogP contribution in [0.2, 0.25) is 0 Å². The van der Waals surface area contributed by atoms with E-state index in [1.165, 1.54) is 13.0 Å². The minimum atomic E-state index is 0.0295. The third-order valence-corrected chi connectivity index (χ3v) is 4.36. The lowest BCUT2D eigenvalue weighted by molar-refractivity contribution is 0.0924. The zero-order chi connectivity index (χ0) is 12.8. The Morgan fingerprint density at radius 3 is 3.05 bits per heavy atom. The molecule has 1 N–H and O–H groups in total. The molecule has 0 aliphatic carbocycles. The first-order chi connectivity index (χ1) is 9.29. The number of nitrogens with zero attached hydrogens (tertiary/aromatic N) is 1. The molecule has 19 heavy (non-hydrogen) atoms. The van der Waals surface area contributed by atoms with Gasteiger partial charge in [-0.1, -0.05) is 0 Å². The van der Waals surface area contributed by atoms with Crippen molar-refractivity contribution in [2.24, 2.45) is 5.92 Å². The number of piperidine rings is 1. The summed E-state index contributed by atoms with van der Waals surface area (Å²) in [6.45, 7) is 3.34. The Hall–Kier alpha value is -1.81. The van der Waals surface area contributed by atoms with Crippen LogP contribution in [-0.2, 0) is 0 Å². The van der Waals surface area contributed by atoms with E-state index in [9.17, 15) is 4.79 Å². The third-order valence-electron chi connectivity index (χ3n) is 4.36. The second-order valence-corrected chi connectivity index (χ2v) is 5.56. The van der Waals surface area contributed by atoms with Crippen molar-refractivity contribution in [2.45, 2.75) is 12.5 Å². The van der Waals surface area contributed by atoms with Crippen LogP contribution in [0, 0.1) is 5.92 Å². The average Bonchev–Trinajstić information content (AvgIpc) is 3.13. The van der Waals surface area contributed by atoms with E-state index < -0.39 is 0 Å². The molecule has 0 spiro atoms. The first-order valence-electron chi connectivity index (χ1n) is 6.80. The van der Waals surface area contributed by atoms with Crippen molar-refractivity contribution in [3.05, 3.63) is 36.1 Å². The van der Waals surface area contributed by atoms with E-state index >= 15 is 0 Å². The first kappa shape index (κ1) is 11.1. The molecule has 1 amide bonds. The van der Waals surface area contributed by atoms with Crippen LogP contribution in [0.3, 0.4) is 0 Å². The van der Waals surface area contributed by atoms with E-state index in [2.05, 4.69) is 10.2 Å². The van der Waals surface area contributed by atoms with Gasteiger partial charge in [0.05, 0.1) is 6.26 Å². The second-order valence-electron chi connectivity index (χ2n) is 5.56. The Kier molecular flexibility index (Phi) is 2.38. The molecule has 2 aliphatic heterocycles. The fraction of sp³-hybridized carbons (Fsp3) is 0.400. The molecule has 2 fully saturated rings. The molecule has 1 aromatic carbocycles. The van der Waals surface area contributed by atoms with E-state index in [-0.39, 0.29) is 5.91 Å². The summed E-state index contributed by atoms with van der Waals surface area (Å²) >= 11 is 0. The van der Waals surface area contributed by atoms with Gasteiger partial charge in [0.1, 0.15) is 5.58 Å². The highest BCUT2D eigenvalue weighted by Crippen LogP contribution is 2.28. The fourth-order valence-corrected chi connectivity index (χ4v) is 3.31. The van der Waals surface area contributed by atoms with Crippen molar-refractivity contribution in [2.75, 3.05) is 19.6 Å². The van der Waals surface area contributed by atoms with Crippen LogP contribution in [0.5, 0.6) is 0 Å². The highest BCUT2D eigenvalue weighted by Gasteiger charge is 2.38. The Bertz CT molecular complexity index is 634. The Morgan fingerprint density at radius 1 is 1.32 bits per heavy atom. The number of hydrogen-bond donors (Lipinski definition) is 1. The van der Waals surface area contributed by atoms with Gasteiger partial charge in [0, 0.05) is 30.1 Å². The standard InChI is InChI=1S/C15H16N2O2/c18-15(16-13-9-17-5-3-12(13)8-17)11-1-2-14-10(7-11)4-6-19-14/h1-2,4,6-7,12-13H,3,5,8-9H2,(H,16,18)/t12-,13+/m0/s1. The molecule has 2 bridgehead atoms. The van der Waals surface area contributed by atoms with Crippen molar-refractivity contribution in [3.63, 3.8) is 0 Å². The van der Waals surface area contributed by atoms with Crippen molar-refractivity contribution < 1.29 is 9.21 Å². The summed E-state index contributed by atoms with van der Waals surface area (Å²) in [6.07, 6.45) is 2.86. The average molecular weight is 256 g/mol. The molecule has 98 valence electrons. The molecular formula is C15H16N2O2.